The molecule has 0 aliphatic carbocycles. The van der Waals surface area contributed by atoms with E-state index in [0.29, 0.717) is 13.0 Å². The van der Waals surface area contributed by atoms with Gasteiger partial charge in [-0.15, -0.1) is 0 Å². The van der Waals surface area contributed by atoms with Gasteiger partial charge in [0.25, 0.3) is 0 Å². The van der Waals surface area contributed by atoms with E-state index in [0.717, 1.165) is 6.42 Å². The number of nitrogens with one attached hydrogen (secondary N) is 1. The summed E-state index contributed by atoms with van der Waals surface area (Å²) in [7, 11) is -1.77. The van der Waals surface area contributed by atoms with Gasteiger partial charge in [0, 0.05) is 6.61 Å². The summed E-state index contributed by atoms with van der Waals surface area (Å²) in [6.07, 6.45) is 1.45. The van der Waals surface area contributed by atoms with Gasteiger partial charge in [0.2, 0.25) is 10.0 Å². The molecule has 0 radical (unpaired) electrons. The summed E-state index contributed by atoms with van der Waals surface area (Å²) in [5, 5.41) is 0. The van der Waals surface area contributed by atoms with Crippen LogP contribution in [0.25, 0.3) is 0 Å². The van der Waals surface area contributed by atoms with E-state index < -0.39 is 15.5 Å². The van der Waals surface area contributed by atoms with Crippen molar-refractivity contribution in [3.8, 4) is 0 Å². The minimum atomic E-state index is -3.17. The Morgan fingerprint density at radius 3 is 2.70 bits per heavy atom. The lowest BCUT2D eigenvalue weighted by atomic mass is 10.4. The highest BCUT2D eigenvalue weighted by atomic mass is 32.2. The fraction of sp³-hybridized carbons (Fsp3) is 1.00. The van der Waals surface area contributed by atoms with E-state index in [4.69, 9.17) is 4.74 Å². The van der Waals surface area contributed by atoms with Crippen molar-refractivity contribution in [1.82, 2.24) is 4.72 Å². The van der Waals surface area contributed by atoms with Gasteiger partial charge >= 0.3 is 0 Å². The standard InChI is InChI=1S/C5H11NO3S/c1-6-10(7,8)5-3-2-4-9-5/h5-6H,2-4H2,1H3. The number of hydrogen-bond acceptors (Lipinski definition) is 3. The Bertz CT molecular complexity index is 193. The van der Waals surface area contributed by atoms with Crippen LogP contribution in [0.1, 0.15) is 12.8 Å². The van der Waals surface area contributed by atoms with Gasteiger partial charge in [-0.3, -0.25) is 0 Å². The quantitative estimate of drug-likeness (QED) is 0.609. The summed E-state index contributed by atoms with van der Waals surface area (Å²) < 4.78 is 29.1. The Morgan fingerprint density at radius 1 is 1.60 bits per heavy atom. The first-order chi connectivity index (χ1) is 4.67. The molecular weight excluding hydrogens is 154 g/mol. The Kier molecular flexibility index (Phi) is 2.28. The van der Waals surface area contributed by atoms with Crippen LogP contribution in [0.3, 0.4) is 0 Å². The van der Waals surface area contributed by atoms with Crippen molar-refractivity contribution < 1.29 is 13.2 Å². The van der Waals surface area contributed by atoms with Crippen LogP contribution in [-0.2, 0) is 14.8 Å². The maximum atomic E-state index is 11.0. The summed E-state index contributed by atoms with van der Waals surface area (Å²) in [6.45, 7) is 0.561. The molecule has 1 saturated heterocycles. The Morgan fingerprint density at radius 2 is 2.30 bits per heavy atom. The molecule has 0 amide bonds. The summed E-state index contributed by atoms with van der Waals surface area (Å²) >= 11 is 0. The minimum absolute atomic E-state index is 0.561. The molecule has 0 bridgehead atoms. The second kappa shape index (κ2) is 2.86. The molecule has 10 heavy (non-hydrogen) atoms. The lowest BCUT2D eigenvalue weighted by molar-refractivity contribution is 0.164. The average molecular weight is 165 g/mol. The molecule has 1 aliphatic rings. The molecule has 0 saturated carbocycles. The van der Waals surface area contributed by atoms with Crippen LogP contribution >= 0.6 is 0 Å². The predicted molar refractivity (Wildman–Crippen MR) is 37.0 cm³/mol. The van der Waals surface area contributed by atoms with Gasteiger partial charge in [0.1, 0.15) is 0 Å². The van der Waals surface area contributed by atoms with Crippen LogP contribution < -0.4 is 4.72 Å². The van der Waals surface area contributed by atoms with Crippen LogP contribution in [-0.4, -0.2) is 27.5 Å². The van der Waals surface area contributed by atoms with Crippen LogP contribution in [0.5, 0.6) is 0 Å². The van der Waals surface area contributed by atoms with E-state index in [1.807, 2.05) is 0 Å². The van der Waals surface area contributed by atoms with Crippen molar-refractivity contribution in [3.05, 3.63) is 0 Å². The molecule has 1 N–H and O–H groups in total. The fourth-order valence-electron chi connectivity index (χ4n) is 0.924. The van der Waals surface area contributed by atoms with E-state index in [9.17, 15) is 8.42 Å². The van der Waals surface area contributed by atoms with Gasteiger partial charge < -0.3 is 4.74 Å². The van der Waals surface area contributed by atoms with Crippen molar-refractivity contribution in [2.24, 2.45) is 0 Å². The van der Waals surface area contributed by atoms with E-state index in [2.05, 4.69) is 4.72 Å². The first-order valence-electron chi connectivity index (χ1n) is 3.21. The van der Waals surface area contributed by atoms with Crippen molar-refractivity contribution in [3.63, 3.8) is 0 Å². The highest BCUT2D eigenvalue weighted by Crippen LogP contribution is 2.15. The molecule has 60 valence electrons. The molecule has 1 unspecified atom stereocenters. The van der Waals surface area contributed by atoms with E-state index >= 15 is 0 Å². The molecule has 0 aromatic heterocycles. The second-order valence-electron chi connectivity index (χ2n) is 2.19. The molecular formula is C5H11NO3S. The zero-order valence-electron chi connectivity index (χ0n) is 5.83. The van der Waals surface area contributed by atoms with Crippen LogP contribution in [0, 0.1) is 0 Å². The van der Waals surface area contributed by atoms with Crippen molar-refractivity contribution >= 4 is 10.0 Å². The van der Waals surface area contributed by atoms with Gasteiger partial charge in [0.05, 0.1) is 0 Å². The van der Waals surface area contributed by atoms with Crippen LogP contribution in [0.15, 0.2) is 0 Å². The van der Waals surface area contributed by atoms with Crippen LogP contribution in [0.2, 0.25) is 0 Å². The summed E-state index contributed by atoms with van der Waals surface area (Å²) in [5.41, 5.74) is -0.613. The summed E-state index contributed by atoms with van der Waals surface area (Å²) in [5.74, 6) is 0. The third kappa shape index (κ3) is 1.47. The van der Waals surface area contributed by atoms with Gasteiger partial charge in [0.15, 0.2) is 5.44 Å². The van der Waals surface area contributed by atoms with Crippen molar-refractivity contribution in [1.29, 1.82) is 0 Å². The molecule has 1 heterocycles. The number of hydrogen-bond donors (Lipinski definition) is 1. The zero-order chi connectivity index (χ0) is 7.61. The average Bonchev–Trinajstić information content (AvgIpc) is 2.38. The molecule has 0 aromatic rings. The fourth-order valence-corrected chi connectivity index (χ4v) is 1.94. The predicted octanol–water partition coefficient (Wildman–Crippen LogP) is -0.328. The third-order valence-electron chi connectivity index (χ3n) is 1.52. The monoisotopic (exact) mass is 165 g/mol. The second-order valence-corrected chi connectivity index (χ2v) is 4.22. The zero-order valence-corrected chi connectivity index (χ0v) is 6.65. The third-order valence-corrected chi connectivity index (χ3v) is 3.15. The topological polar surface area (TPSA) is 55.4 Å². The molecule has 5 heteroatoms. The van der Waals surface area contributed by atoms with Crippen LogP contribution in [0.4, 0.5) is 0 Å². The maximum Gasteiger partial charge on any atom is 0.238 e. The highest BCUT2D eigenvalue weighted by molar-refractivity contribution is 7.89. The Hall–Kier alpha value is -0.130. The molecule has 1 rings (SSSR count). The molecule has 1 fully saturated rings. The molecule has 1 atom stereocenters. The molecule has 1 aliphatic heterocycles. The normalized spacial score (nSPS) is 27.1. The first kappa shape index (κ1) is 7.97. The molecule has 0 aromatic carbocycles. The lowest BCUT2D eigenvalue weighted by Gasteiger charge is -2.08. The minimum Gasteiger partial charge on any atom is -0.361 e. The van der Waals surface area contributed by atoms with E-state index in [1.54, 1.807) is 0 Å². The Balaban J connectivity index is 2.63. The number of rotatable bonds is 2. The Labute approximate surface area is 60.6 Å². The summed E-state index contributed by atoms with van der Waals surface area (Å²) in [4.78, 5) is 0. The van der Waals surface area contributed by atoms with Crippen molar-refractivity contribution in [2.45, 2.75) is 18.3 Å². The van der Waals surface area contributed by atoms with Gasteiger partial charge in [-0.1, -0.05) is 0 Å². The van der Waals surface area contributed by atoms with Gasteiger partial charge in [-0.05, 0) is 19.9 Å². The maximum absolute atomic E-state index is 11.0. The lowest BCUT2D eigenvalue weighted by Crippen LogP contribution is -2.30. The highest BCUT2D eigenvalue weighted by Gasteiger charge is 2.27. The molecule has 0 spiro atoms. The van der Waals surface area contributed by atoms with E-state index in [1.165, 1.54) is 7.05 Å². The SMILES string of the molecule is CNS(=O)(=O)C1CCCO1. The van der Waals surface area contributed by atoms with Crippen molar-refractivity contribution in [2.75, 3.05) is 13.7 Å². The number of sulfonamides is 1. The number of ether oxygens (including phenoxy) is 1. The first-order valence-corrected chi connectivity index (χ1v) is 4.75. The van der Waals surface area contributed by atoms with Gasteiger partial charge in [-0.2, -0.15) is 0 Å². The van der Waals surface area contributed by atoms with Gasteiger partial charge in [-0.25, -0.2) is 13.1 Å². The largest absolute Gasteiger partial charge is 0.361 e. The molecule has 4 nitrogen and oxygen atoms in total. The smallest absolute Gasteiger partial charge is 0.238 e. The summed E-state index contributed by atoms with van der Waals surface area (Å²) in [6, 6.07) is 0. The van der Waals surface area contributed by atoms with E-state index in [-0.39, 0.29) is 0 Å².